The van der Waals surface area contributed by atoms with Gasteiger partial charge in [-0.3, -0.25) is 9.69 Å². The van der Waals surface area contributed by atoms with E-state index in [1.807, 2.05) is 12.1 Å². The molecule has 0 radical (unpaired) electrons. The highest BCUT2D eigenvalue weighted by molar-refractivity contribution is 5.86. The van der Waals surface area contributed by atoms with Gasteiger partial charge in [0, 0.05) is 32.6 Å². The van der Waals surface area contributed by atoms with Gasteiger partial charge in [-0.05, 0) is 63.6 Å². The summed E-state index contributed by atoms with van der Waals surface area (Å²) in [7, 11) is 0. The Hall–Kier alpha value is -1.79. The predicted octanol–water partition coefficient (Wildman–Crippen LogP) is 3.46. The van der Waals surface area contributed by atoms with E-state index in [1.165, 1.54) is 19.3 Å². The number of ketones is 1. The highest BCUT2D eigenvalue weighted by Crippen LogP contribution is 2.41. The van der Waals surface area contributed by atoms with Crippen molar-refractivity contribution >= 4 is 11.5 Å². The standard InChI is InChI=1S/C24H36N2O4/c1-24(2,28)22(27)16-19-8-6-18(7-9-19)10-11-25-12-14-26(15-13-25)20-4-3-5-21-23(20)30-17-29-21/h3-5,18-19,28H,6-17H2,1-2H3. The van der Waals surface area contributed by atoms with Crippen LogP contribution in [0, 0.1) is 11.8 Å². The van der Waals surface area contributed by atoms with Crippen LogP contribution in [-0.4, -0.2) is 60.9 Å². The third kappa shape index (κ3) is 5.09. The van der Waals surface area contributed by atoms with Gasteiger partial charge in [0.15, 0.2) is 17.3 Å². The lowest BCUT2D eigenvalue weighted by Crippen LogP contribution is -2.47. The van der Waals surface area contributed by atoms with Gasteiger partial charge in [0.2, 0.25) is 6.79 Å². The number of benzene rings is 1. The Morgan fingerprint density at radius 1 is 1.07 bits per heavy atom. The van der Waals surface area contributed by atoms with E-state index in [2.05, 4.69) is 15.9 Å². The number of nitrogens with zero attached hydrogens (tertiary/aromatic N) is 2. The van der Waals surface area contributed by atoms with Crippen molar-refractivity contribution in [3.63, 3.8) is 0 Å². The third-order valence-corrected chi connectivity index (χ3v) is 7.07. The molecule has 30 heavy (non-hydrogen) atoms. The lowest BCUT2D eigenvalue weighted by molar-refractivity contribution is -0.135. The molecule has 0 unspecified atom stereocenters. The fraction of sp³-hybridized carbons (Fsp3) is 0.708. The number of anilines is 1. The van der Waals surface area contributed by atoms with Crippen LogP contribution in [0.1, 0.15) is 52.4 Å². The van der Waals surface area contributed by atoms with Crippen LogP contribution in [0.2, 0.25) is 0 Å². The molecule has 1 N–H and O–H groups in total. The Morgan fingerprint density at radius 3 is 2.47 bits per heavy atom. The van der Waals surface area contributed by atoms with Crippen LogP contribution < -0.4 is 14.4 Å². The third-order valence-electron chi connectivity index (χ3n) is 7.07. The zero-order chi connectivity index (χ0) is 21.1. The van der Waals surface area contributed by atoms with Crippen LogP contribution >= 0.6 is 0 Å². The molecule has 0 spiro atoms. The van der Waals surface area contributed by atoms with Crippen molar-refractivity contribution < 1.29 is 19.4 Å². The fourth-order valence-electron chi connectivity index (χ4n) is 4.98. The summed E-state index contributed by atoms with van der Waals surface area (Å²) in [6.07, 6.45) is 6.48. The van der Waals surface area contributed by atoms with Gasteiger partial charge in [0.25, 0.3) is 0 Å². The average Bonchev–Trinajstić information content (AvgIpc) is 3.22. The van der Waals surface area contributed by atoms with Gasteiger partial charge in [-0.25, -0.2) is 0 Å². The maximum absolute atomic E-state index is 12.1. The van der Waals surface area contributed by atoms with Crippen molar-refractivity contribution in [2.24, 2.45) is 11.8 Å². The zero-order valence-electron chi connectivity index (χ0n) is 18.4. The summed E-state index contributed by atoms with van der Waals surface area (Å²) >= 11 is 0. The first-order valence-corrected chi connectivity index (χ1v) is 11.5. The van der Waals surface area contributed by atoms with Crippen molar-refractivity contribution in [1.29, 1.82) is 0 Å². The van der Waals surface area contributed by atoms with Crippen LogP contribution in [0.3, 0.4) is 0 Å². The Morgan fingerprint density at radius 2 is 1.77 bits per heavy atom. The summed E-state index contributed by atoms with van der Waals surface area (Å²) < 4.78 is 11.2. The van der Waals surface area contributed by atoms with Crippen LogP contribution in [-0.2, 0) is 4.79 Å². The van der Waals surface area contributed by atoms with Crippen molar-refractivity contribution in [1.82, 2.24) is 4.90 Å². The summed E-state index contributed by atoms with van der Waals surface area (Å²) in [5, 5.41) is 9.86. The summed E-state index contributed by atoms with van der Waals surface area (Å²) in [5.74, 6) is 2.98. The molecule has 1 aromatic carbocycles. The number of ether oxygens (including phenoxy) is 2. The van der Waals surface area contributed by atoms with E-state index in [9.17, 15) is 9.90 Å². The van der Waals surface area contributed by atoms with Crippen LogP contribution in [0.15, 0.2) is 18.2 Å². The number of hydrogen-bond donors (Lipinski definition) is 1. The lowest BCUT2D eigenvalue weighted by atomic mass is 9.77. The molecule has 0 aromatic heterocycles. The van der Waals surface area contributed by atoms with Crippen LogP contribution in [0.25, 0.3) is 0 Å². The molecule has 0 bridgehead atoms. The minimum absolute atomic E-state index is 0.00941. The summed E-state index contributed by atoms with van der Waals surface area (Å²) in [5.41, 5.74) is -0.0265. The number of hydrogen-bond acceptors (Lipinski definition) is 6. The smallest absolute Gasteiger partial charge is 0.231 e. The molecule has 1 aromatic rings. The molecule has 2 aliphatic heterocycles. The Labute approximate surface area is 180 Å². The van der Waals surface area contributed by atoms with E-state index in [4.69, 9.17) is 9.47 Å². The number of carbonyl (C=O) groups is 1. The van der Waals surface area contributed by atoms with E-state index >= 15 is 0 Å². The first-order valence-electron chi connectivity index (χ1n) is 11.5. The molecule has 4 rings (SSSR count). The summed E-state index contributed by atoms with van der Waals surface area (Å²) in [4.78, 5) is 17.1. The molecule has 0 atom stereocenters. The van der Waals surface area contributed by atoms with Crippen LogP contribution in [0.4, 0.5) is 5.69 Å². The van der Waals surface area contributed by atoms with Crippen LogP contribution in [0.5, 0.6) is 11.5 Å². The molecule has 6 heteroatoms. The second-order valence-corrected chi connectivity index (χ2v) is 9.70. The van der Waals surface area contributed by atoms with Gasteiger partial charge in [-0.1, -0.05) is 18.9 Å². The molecule has 6 nitrogen and oxygen atoms in total. The van der Waals surface area contributed by atoms with Gasteiger partial charge in [0.05, 0.1) is 5.69 Å². The maximum atomic E-state index is 12.1. The molecule has 0 amide bonds. The predicted molar refractivity (Wildman–Crippen MR) is 117 cm³/mol. The SMILES string of the molecule is CC(C)(O)C(=O)CC1CCC(CCN2CCN(c3cccc4c3OCO4)CC2)CC1. The van der Waals surface area contributed by atoms with Crippen molar-refractivity contribution in [2.45, 2.75) is 58.0 Å². The number of fused-ring (bicyclic) bond motifs is 1. The van der Waals surface area contributed by atoms with Gasteiger partial charge >= 0.3 is 0 Å². The van der Waals surface area contributed by atoms with E-state index in [0.29, 0.717) is 19.1 Å². The van der Waals surface area contributed by atoms with E-state index < -0.39 is 5.60 Å². The quantitative estimate of drug-likeness (QED) is 0.734. The Kier molecular flexibility index (Phi) is 6.54. The number of aliphatic hydroxyl groups is 1. The van der Waals surface area contributed by atoms with Gasteiger partial charge in [-0.15, -0.1) is 0 Å². The molecule has 1 saturated carbocycles. The second-order valence-electron chi connectivity index (χ2n) is 9.70. The van der Waals surface area contributed by atoms with Crippen molar-refractivity contribution in [2.75, 3.05) is 44.4 Å². The van der Waals surface area contributed by atoms with Gasteiger partial charge in [0.1, 0.15) is 5.60 Å². The fourth-order valence-corrected chi connectivity index (χ4v) is 4.98. The topological polar surface area (TPSA) is 62.2 Å². The van der Waals surface area contributed by atoms with Crippen molar-refractivity contribution in [3.05, 3.63) is 18.2 Å². The monoisotopic (exact) mass is 416 g/mol. The molecule has 2 heterocycles. The minimum atomic E-state index is -1.18. The highest BCUT2D eigenvalue weighted by atomic mass is 16.7. The number of rotatable bonds is 7. The minimum Gasteiger partial charge on any atom is -0.454 e. The normalized spacial score (nSPS) is 24.8. The Balaban J connectivity index is 1.17. The highest BCUT2D eigenvalue weighted by Gasteiger charge is 2.30. The first kappa shape index (κ1) is 21.4. The summed E-state index contributed by atoms with van der Waals surface area (Å²) in [6.45, 7) is 8.90. The number of Topliss-reactive ketones (excluding diaryl/α,β-unsaturated/α-hetero) is 1. The maximum Gasteiger partial charge on any atom is 0.231 e. The first-order chi connectivity index (χ1) is 14.4. The molecule has 3 aliphatic rings. The van der Waals surface area contributed by atoms with Crippen molar-refractivity contribution in [3.8, 4) is 11.5 Å². The van der Waals surface area contributed by atoms with E-state index in [1.54, 1.807) is 13.8 Å². The Bertz CT molecular complexity index is 729. The summed E-state index contributed by atoms with van der Waals surface area (Å²) in [6, 6.07) is 6.14. The molecule has 1 aliphatic carbocycles. The molecular formula is C24H36N2O4. The van der Waals surface area contributed by atoms with Gasteiger partial charge in [-0.2, -0.15) is 0 Å². The van der Waals surface area contributed by atoms with E-state index in [-0.39, 0.29) is 5.78 Å². The molecular weight excluding hydrogens is 380 g/mol. The number of para-hydroxylation sites is 1. The number of piperazine rings is 1. The second kappa shape index (κ2) is 9.15. The lowest BCUT2D eigenvalue weighted by Gasteiger charge is -2.37. The average molecular weight is 417 g/mol. The molecule has 166 valence electrons. The molecule has 1 saturated heterocycles. The largest absolute Gasteiger partial charge is 0.454 e. The molecule has 2 fully saturated rings. The van der Waals surface area contributed by atoms with Gasteiger partial charge < -0.3 is 19.5 Å². The van der Waals surface area contributed by atoms with E-state index in [0.717, 1.165) is 68.7 Å². The zero-order valence-corrected chi connectivity index (χ0v) is 18.4. The number of carbonyl (C=O) groups excluding carboxylic acids is 1.